The van der Waals surface area contributed by atoms with Crippen molar-refractivity contribution in [2.24, 2.45) is 5.92 Å². The number of piperidine rings is 1. The highest BCUT2D eigenvalue weighted by molar-refractivity contribution is 6.34. The molecule has 112 valence electrons. The lowest BCUT2D eigenvalue weighted by Gasteiger charge is -2.32. The SMILES string of the molecule is CC(C)N(Cc1cnc(Cl)cc1Cl)CC1CCNCC1. The third-order valence-electron chi connectivity index (χ3n) is 3.95. The molecule has 0 radical (unpaired) electrons. The first-order valence-electron chi connectivity index (χ1n) is 7.31. The van der Waals surface area contributed by atoms with E-state index in [1.165, 1.54) is 12.8 Å². The molecule has 5 heteroatoms. The van der Waals surface area contributed by atoms with Gasteiger partial charge in [0.2, 0.25) is 0 Å². The van der Waals surface area contributed by atoms with E-state index in [9.17, 15) is 0 Å². The molecule has 0 atom stereocenters. The van der Waals surface area contributed by atoms with Crippen LogP contribution >= 0.6 is 23.2 Å². The molecule has 3 nitrogen and oxygen atoms in total. The van der Waals surface area contributed by atoms with E-state index in [1.54, 1.807) is 12.3 Å². The normalized spacial score (nSPS) is 17.1. The summed E-state index contributed by atoms with van der Waals surface area (Å²) in [4.78, 5) is 6.62. The van der Waals surface area contributed by atoms with E-state index in [0.29, 0.717) is 16.2 Å². The Bertz CT molecular complexity index is 431. The van der Waals surface area contributed by atoms with E-state index in [1.807, 2.05) is 0 Å². The fourth-order valence-electron chi connectivity index (χ4n) is 2.62. The zero-order valence-corrected chi connectivity index (χ0v) is 13.7. The molecule has 0 bridgehead atoms. The Labute approximate surface area is 131 Å². The minimum Gasteiger partial charge on any atom is -0.317 e. The average Bonchev–Trinajstić information content (AvgIpc) is 2.42. The molecule has 1 saturated heterocycles. The molecule has 1 fully saturated rings. The van der Waals surface area contributed by atoms with Crippen LogP contribution in [-0.4, -0.2) is 35.6 Å². The van der Waals surface area contributed by atoms with Gasteiger partial charge in [0.25, 0.3) is 0 Å². The van der Waals surface area contributed by atoms with Crippen molar-refractivity contribution in [2.45, 2.75) is 39.3 Å². The number of hydrogen-bond acceptors (Lipinski definition) is 3. The average molecular weight is 316 g/mol. The predicted molar refractivity (Wildman–Crippen MR) is 85.4 cm³/mol. The summed E-state index contributed by atoms with van der Waals surface area (Å²) in [6.45, 7) is 8.71. The van der Waals surface area contributed by atoms with Gasteiger partial charge >= 0.3 is 0 Å². The van der Waals surface area contributed by atoms with Crippen molar-refractivity contribution in [3.8, 4) is 0 Å². The van der Waals surface area contributed by atoms with Gasteiger partial charge in [0.05, 0.1) is 0 Å². The summed E-state index contributed by atoms with van der Waals surface area (Å²) < 4.78 is 0. The molecule has 1 aromatic heterocycles. The van der Waals surface area contributed by atoms with Crippen LogP contribution in [0, 0.1) is 5.92 Å². The Balaban J connectivity index is 2.01. The second kappa shape index (κ2) is 7.60. The summed E-state index contributed by atoms with van der Waals surface area (Å²) in [5.74, 6) is 0.776. The first-order chi connectivity index (χ1) is 9.56. The van der Waals surface area contributed by atoms with Gasteiger partial charge in [-0.2, -0.15) is 0 Å². The topological polar surface area (TPSA) is 28.2 Å². The van der Waals surface area contributed by atoms with Crippen LogP contribution in [-0.2, 0) is 6.54 Å². The predicted octanol–water partition coefficient (Wildman–Crippen LogP) is 3.60. The van der Waals surface area contributed by atoms with Gasteiger partial charge < -0.3 is 5.32 Å². The first-order valence-corrected chi connectivity index (χ1v) is 8.06. The third-order valence-corrected chi connectivity index (χ3v) is 4.51. The van der Waals surface area contributed by atoms with Gasteiger partial charge in [0.15, 0.2) is 0 Å². The Morgan fingerprint density at radius 2 is 2.05 bits per heavy atom. The third kappa shape index (κ3) is 4.59. The zero-order chi connectivity index (χ0) is 14.5. The first kappa shape index (κ1) is 16.0. The molecule has 2 rings (SSSR count). The van der Waals surface area contributed by atoms with Crippen LogP contribution in [0.3, 0.4) is 0 Å². The maximum absolute atomic E-state index is 6.26. The van der Waals surface area contributed by atoms with E-state index in [4.69, 9.17) is 23.2 Å². The lowest BCUT2D eigenvalue weighted by atomic mass is 9.97. The van der Waals surface area contributed by atoms with Crippen LogP contribution in [0.1, 0.15) is 32.3 Å². The number of nitrogens with zero attached hydrogens (tertiary/aromatic N) is 2. The van der Waals surface area contributed by atoms with Crippen molar-refractivity contribution in [1.29, 1.82) is 0 Å². The van der Waals surface area contributed by atoms with Crippen LogP contribution in [0.2, 0.25) is 10.2 Å². The van der Waals surface area contributed by atoms with Crippen molar-refractivity contribution in [1.82, 2.24) is 15.2 Å². The largest absolute Gasteiger partial charge is 0.317 e. The lowest BCUT2D eigenvalue weighted by Crippen LogP contribution is -2.39. The molecule has 1 aliphatic rings. The summed E-state index contributed by atoms with van der Waals surface area (Å²) in [5, 5.41) is 4.58. The minimum absolute atomic E-state index is 0.452. The van der Waals surface area contributed by atoms with Crippen molar-refractivity contribution in [3.63, 3.8) is 0 Å². The molecule has 20 heavy (non-hydrogen) atoms. The smallest absolute Gasteiger partial charge is 0.130 e. The lowest BCUT2D eigenvalue weighted by molar-refractivity contribution is 0.161. The molecule has 0 unspecified atom stereocenters. The maximum atomic E-state index is 6.26. The van der Waals surface area contributed by atoms with Crippen LogP contribution in [0.4, 0.5) is 0 Å². The maximum Gasteiger partial charge on any atom is 0.130 e. The molecule has 0 saturated carbocycles. The van der Waals surface area contributed by atoms with Crippen LogP contribution in [0.25, 0.3) is 0 Å². The minimum atomic E-state index is 0.452. The Hall–Kier alpha value is -0.350. The Kier molecular flexibility index (Phi) is 6.09. The summed E-state index contributed by atoms with van der Waals surface area (Å²) >= 11 is 12.1. The van der Waals surface area contributed by atoms with Crippen LogP contribution < -0.4 is 5.32 Å². The van der Waals surface area contributed by atoms with Crippen molar-refractivity contribution >= 4 is 23.2 Å². The van der Waals surface area contributed by atoms with Crippen molar-refractivity contribution < 1.29 is 0 Å². The van der Waals surface area contributed by atoms with Crippen LogP contribution in [0.5, 0.6) is 0 Å². The number of pyridine rings is 1. The van der Waals surface area contributed by atoms with Gasteiger partial charge in [0, 0.05) is 35.9 Å². The quantitative estimate of drug-likeness (QED) is 0.841. The molecule has 2 heterocycles. The fourth-order valence-corrected chi connectivity index (χ4v) is 3.05. The second-order valence-electron chi connectivity index (χ2n) is 5.82. The molecule has 0 spiro atoms. The number of aromatic nitrogens is 1. The molecule has 1 aliphatic heterocycles. The summed E-state index contributed by atoms with van der Waals surface area (Å²) in [7, 11) is 0. The summed E-state index contributed by atoms with van der Waals surface area (Å²) in [5.41, 5.74) is 1.05. The Morgan fingerprint density at radius 1 is 1.35 bits per heavy atom. The van der Waals surface area contributed by atoms with E-state index >= 15 is 0 Å². The van der Waals surface area contributed by atoms with Gasteiger partial charge in [0.1, 0.15) is 5.15 Å². The highest BCUT2D eigenvalue weighted by atomic mass is 35.5. The zero-order valence-electron chi connectivity index (χ0n) is 12.2. The highest BCUT2D eigenvalue weighted by Crippen LogP contribution is 2.23. The monoisotopic (exact) mass is 315 g/mol. The molecule has 0 aromatic carbocycles. The van der Waals surface area contributed by atoms with Crippen molar-refractivity contribution in [2.75, 3.05) is 19.6 Å². The van der Waals surface area contributed by atoms with Gasteiger partial charge in [-0.05, 0) is 51.8 Å². The molecular weight excluding hydrogens is 293 g/mol. The fraction of sp³-hybridized carbons (Fsp3) is 0.667. The molecule has 0 aliphatic carbocycles. The highest BCUT2D eigenvalue weighted by Gasteiger charge is 2.20. The van der Waals surface area contributed by atoms with E-state index < -0.39 is 0 Å². The second-order valence-corrected chi connectivity index (χ2v) is 6.61. The van der Waals surface area contributed by atoms with Gasteiger partial charge in [-0.25, -0.2) is 4.98 Å². The van der Waals surface area contributed by atoms with Gasteiger partial charge in [-0.15, -0.1) is 0 Å². The molecule has 1 aromatic rings. The van der Waals surface area contributed by atoms with E-state index in [-0.39, 0.29) is 0 Å². The van der Waals surface area contributed by atoms with Gasteiger partial charge in [-0.3, -0.25) is 4.90 Å². The van der Waals surface area contributed by atoms with E-state index in [0.717, 1.165) is 37.7 Å². The Morgan fingerprint density at radius 3 is 2.65 bits per heavy atom. The summed E-state index contributed by atoms with van der Waals surface area (Å²) in [6, 6.07) is 2.22. The molecule has 0 amide bonds. The molecular formula is C15H23Cl2N3. The number of halogens is 2. The number of nitrogens with one attached hydrogen (secondary N) is 1. The van der Waals surface area contributed by atoms with Crippen LogP contribution in [0.15, 0.2) is 12.3 Å². The number of rotatable bonds is 5. The molecule has 1 N–H and O–H groups in total. The van der Waals surface area contributed by atoms with Crippen molar-refractivity contribution in [3.05, 3.63) is 28.0 Å². The standard InChI is InChI=1S/C15H23Cl2N3/c1-11(2)20(9-12-3-5-18-6-4-12)10-13-8-19-15(17)7-14(13)16/h7-8,11-12,18H,3-6,9-10H2,1-2H3. The van der Waals surface area contributed by atoms with Gasteiger partial charge in [-0.1, -0.05) is 23.2 Å². The number of hydrogen-bond donors (Lipinski definition) is 1. The summed E-state index contributed by atoms with van der Waals surface area (Å²) in [6.07, 6.45) is 4.31. The van der Waals surface area contributed by atoms with E-state index in [2.05, 4.69) is 29.0 Å².